The van der Waals surface area contributed by atoms with Crippen molar-refractivity contribution in [1.29, 1.82) is 0 Å². The first kappa shape index (κ1) is 21.9. The summed E-state index contributed by atoms with van der Waals surface area (Å²) in [5, 5.41) is 3.27. The molecule has 28 heavy (non-hydrogen) atoms. The van der Waals surface area contributed by atoms with Crippen LogP contribution in [0.1, 0.15) is 51.2 Å². The molecule has 1 atom stereocenters. The van der Waals surface area contributed by atoms with E-state index in [9.17, 15) is 4.79 Å². The molecular weight excluding hydrogens is 356 g/mol. The number of aryl methyl sites for hydroxylation is 1. The Hall–Kier alpha value is -2.44. The number of benzene rings is 1. The zero-order valence-electron chi connectivity index (χ0n) is 17.5. The summed E-state index contributed by atoms with van der Waals surface area (Å²) in [4.78, 5) is 18.0. The monoisotopic (exact) mass is 390 g/mol. The maximum atomic E-state index is 11.8. The average molecular weight is 391 g/mol. The van der Waals surface area contributed by atoms with Gasteiger partial charge < -0.3 is 25.4 Å². The maximum Gasteiger partial charge on any atom is 0.409 e. The SMILES string of the molecule is CCOC(=O)N1CCC(NC(N)=NCc2ccc(C)cc2OC(C)CC)CC1. The van der Waals surface area contributed by atoms with Crippen LogP contribution in [0.25, 0.3) is 0 Å². The lowest BCUT2D eigenvalue weighted by atomic mass is 10.1. The summed E-state index contributed by atoms with van der Waals surface area (Å²) >= 11 is 0. The van der Waals surface area contributed by atoms with Gasteiger partial charge in [-0.3, -0.25) is 0 Å². The molecule has 1 aromatic carbocycles. The minimum Gasteiger partial charge on any atom is -0.490 e. The molecule has 1 aromatic rings. The Morgan fingerprint density at radius 3 is 2.71 bits per heavy atom. The van der Waals surface area contributed by atoms with Gasteiger partial charge in [0, 0.05) is 24.7 Å². The van der Waals surface area contributed by atoms with Crippen molar-refractivity contribution in [2.45, 2.75) is 65.6 Å². The molecule has 0 saturated carbocycles. The molecule has 1 saturated heterocycles. The number of amides is 1. The smallest absolute Gasteiger partial charge is 0.409 e. The average Bonchev–Trinajstić information content (AvgIpc) is 2.68. The van der Waals surface area contributed by atoms with Crippen LogP contribution in [0.15, 0.2) is 23.2 Å². The number of nitrogens with zero attached hydrogens (tertiary/aromatic N) is 2. The van der Waals surface area contributed by atoms with Crippen molar-refractivity contribution < 1.29 is 14.3 Å². The van der Waals surface area contributed by atoms with Crippen LogP contribution in [-0.2, 0) is 11.3 Å². The molecule has 3 N–H and O–H groups in total. The largest absolute Gasteiger partial charge is 0.490 e. The number of carbonyl (C=O) groups excluding carboxylic acids is 1. The number of hydrogen-bond acceptors (Lipinski definition) is 4. The summed E-state index contributed by atoms with van der Waals surface area (Å²) in [6.45, 7) is 10.2. The van der Waals surface area contributed by atoms with Crippen molar-refractivity contribution in [3.05, 3.63) is 29.3 Å². The molecule has 1 amide bonds. The van der Waals surface area contributed by atoms with E-state index in [2.05, 4.69) is 37.1 Å². The third kappa shape index (κ3) is 6.62. The quantitative estimate of drug-likeness (QED) is 0.551. The second-order valence-electron chi connectivity index (χ2n) is 7.25. The molecule has 1 heterocycles. The molecule has 1 aliphatic rings. The van der Waals surface area contributed by atoms with Gasteiger partial charge in [-0.2, -0.15) is 0 Å². The van der Waals surface area contributed by atoms with E-state index in [1.54, 1.807) is 4.90 Å². The normalized spacial score (nSPS) is 16.6. The summed E-state index contributed by atoms with van der Waals surface area (Å²) in [7, 11) is 0. The van der Waals surface area contributed by atoms with Gasteiger partial charge in [0.1, 0.15) is 5.75 Å². The lowest BCUT2D eigenvalue weighted by Gasteiger charge is -2.31. The molecule has 0 bridgehead atoms. The first-order valence-electron chi connectivity index (χ1n) is 10.2. The number of guanidine groups is 1. The predicted octanol–water partition coefficient (Wildman–Crippen LogP) is 3.20. The van der Waals surface area contributed by atoms with E-state index in [1.165, 1.54) is 0 Å². The first-order valence-corrected chi connectivity index (χ1v) is 10.2. The van der Waals surface area contributed by atoms with Gasteiger partial charge in [-0.15, -0.1) is 0 Å². The van der Waals surface area contributed by atoms with Crippen molar-refractivity contribution in [3.8, 4) is 5.75 Å². The molecule has 1 aliphatic heterocycles. The fourth-order valence-corrected chi connectivity index (χ4v) is 3.05. The fourth-order valence-electron chi connectivity index (χ4n) is 3.05. The van der Waals surface area contributed by atoms with Gasteiger partial charge in [-0.1, -0.05) is 19.1 Å². The van der Waals surface area contributed by atoms with Gasteiger partial charge in [0.25, 0.3) is 0 Å². The maximum absolute atomic E-state index is 11.8. The van der Waals surface area contributed by atoms with Crippen molar-refractivity contribution >= 4 is 12.1 Å². The Labute approximate surface area is 168 Å². The number of hydrogen-bond donors (Lipinski definition) is 2. The molecule has 0 radical (unpaired) electrons. The minimum atomic E-state index is -0.240. The second-order valence-corrected chi connectivity index (χ2v) is 7.25. The minimum absolute atomic E-state index is 0.157. The van der Waals surface area contributed by atoms with Crippen LogP contribution < -0.4 is 15.8 Å². The third-order valence-electron chi connectivity index (χ3n) is 4.92. The molecule has 2 rings (SSSR count). The molecule has 0 aromatic heterocycles. The number of likely N-dealkylation sites (tertiary alicyclic amines) is 1. The zero-order valence-corrected chi connectivity index (χ0v) is 17.5. The molecule has 7 heteroatoms. The van der Waals surface area contributed by atoms with E-state index in [0.29, 0.717) is 32.2 Å². The summed E-state index contributed by atoms with van der Waals surface area (Å²) in [5.41, 5.74) is 8.27. The molecule has 0 aliphatic carbocycles. The van der Waals surface area contributed by atoms with Gasteiger partial charge in [0.05, 0.1) is 19.3 Å². The number of nitrogens with one attached hydrogen (secondary N) is 1. The van der Waals surface area contributed by atoms with E-state index in [-0.39, 0.29) is 18.2 Å². The van der Waals surface area contributed by atoms with Crippen molar-refractivity contribution in [3.63, 3.8) is 0 Å². The van der Waals surface area contributed by atoms with E-state index >= 15 is 0 Å². The molecule has 0 spiro atoms. The van der Waals surface area contributed by atoms with Crippen LogP contribution in [0.2, 0.25) is 0 Å². The lowest BCUT2D eigenvalue weighted by molar-refractivity contribution is 0.0963. The summed E-state index contributed by atoms with van der Waals surface area (Å²) < 4.78 is 11.1. The van der Waals surface area contributed by atoms with Crippen molar-refractivity contribution in [1.82, 2.24) is 10.2 Å². The highest BCUT2D eigenvalue weighted by atomic mass is 16.6. The molecular formula is C21H34N4O3. The number of nitrogens with two attached hydrogens (primary N) is 1. The number of aliphatic imine (C=N–C) groups is 1. The second kappa shape index (κ2) is 10.8. The number of carbonyl (C=O) groups is 1. The van der Waals surface area contributed by atoms with E-state index in [4.69, 9.17) is 15.2 Å². The van der Waals surface area contributed by atoms with Crippen LogP contribution >= 0.6 is 0 Å². The number of rotatable bonds is 7. The highest BCUT2D eigenvalue weighted by molar-refractivity contribution is 5.78. The van der Waals surface area contributed by atoms with E-state index in [1.807, 2.05) is 19.1 Å². The summed E-state index contributed by atoms with van der Waals surface area (Å²) in [6.07, 6.45) is 2.51. The Kier molecular flexibility index (Phi) is 8.42. The Morgan fingerprint density at radius 1 is 1.36 bits per heavy atom. The van der Waals surface area contributed by atoms with Crippen molar-refractivity contribution in [2.24, 2.45) is 10.7 Å². The topological polar surface area (TPSA) is 89.2 Å². The van der Waals surface area contributed by atoms with Crippen LogP contribution in [0.3, 0.4) is 0 Å². The van der Waals surface area contributed by atoms with Gasteiger partial charge >= 0.3 is 6.09 Å². The Balaban J connectivity index is 1.89. The number of ether oxygens (including phenoxy) is 2. The molecule has 1 unspecified atom stereocenters. The standard InChI is InChI=1S/C21H34N4O3/c1-5-16(4)28-19-13-15(3)7-8-17(19)14-23-20(22)24-18-9-11-25(12-10-18)21(26)27-6-2/h7-8,13,16,18H,5-6,9-12,14H2,1-4H3,(H3,22,23,24). The van der Waals surface area contributed by atoms with E-state index < -0.39 is 0 Å². The third-order valence-corrected chi connectivity index (χ3v) is 4.92. The first-order chi connectivity index (χ1) is 13.4. The molecule has 1 fully saturated rings. The Bertz CT molecular complexity index is 670. The van der Waals surface area contributed by atoms with Crippen LogP contribution in [-0.4, -0.2) is 48.8 Å². The highest BCUT2D eigenvalue weighted by Crippen LogP contribution is 2.23. The van der Waals surface area contributed by atoms with E-state index in [0.717, 1.165) is 36.1 Å². The van der Waals surface area contributed by atoms with Crippen LogP contribution in [0.5, 0.6) is 5.75 Å². The summed E-state index contributed by atoms with van der Waals surface area (Å²) in [5.74, 6) is 1.29. The van der Waals surface area contributed by atoms with Gasteiger partial charge in [-0.25, -0.2) is 9.79 Å². The van der Waals surface area contributed by atoms with Gasteiger partial charge in [-0.05, 0) is 51.7 Å². The molecule has 156 valence electrons. The number of piperidine rings is 1. The fraction of sp³-hybridized carbons (Fsp3) is 0.619. The Morgan fingerprint density at radius 2 is 2.07 bits per heavy atom. The summed E-state index contributed by atoms with van der Waals surface area (Å²) in [6, 6.07) is 6.36. The van der Waals surface area contributed by atoms with Crippen molar-refractivity contribution in [2.75, 3.05) is 19.7 Å². The predicted molar refractivity (Wildman–Crippen MR) is 112 cm³/mol. The molecule has 7 nitrogen and oxygen atoms in total. The van der Waals surface area contributed by atoms with Gasteiger partial charge in [0.15, 0.2) is 5.96 Å². The zero-order chi connectivity index (χ0) is 20.5. The highest BCUT2D eigenvalue weighted by Gasteiger charge is 2.23. The van der Waals surface area contributed by atoms with Gasteiger partial charge in [0.2, 0.25) is 0 Å². The lowest BCUT2D eigenvalue weighted by Crippen LogP contribution is -2.48. The van der Waals surface area contributed by atoms with Crippen LogP contribution in [0, 0.1) is 6.92 Å². The van der Waals surface area contributed by atoms with Crippen LogP contribution in [0.4, 0.5) is 4.79 Å².